The zero-order valence-corrected chi connectivity index (χ0v) is 15.4. The summed E-state index contributed by atoms with van der Waals surface area (Å²) in [6.07, 6.45) is 6.52. The third-order valence-electron chi connectivity index (χ3n) is 6.17. The Hall–Kier alpha value is -3.22. The summed E-state index contributed by atoms with van der Waals surface area (Å²) in [5.41, 5.74) is 3.11. The molecule has 0 bridgehead atoms. The number of H-pyrrole nitrogens is 2. The topological polar surface area (TPSA) is 94.7 Å². The van der Waals surface area contributed by atoms with Crippen molar-refractivity contribution in [2.75, 3.05) is 13.1 Å². The van der Waals surface area contributed by atoms with Gasteiger partial charge in [-0.05, 0) is 25.7 Å². The highest BCUT2D eigenvalue weighted by atomic mass is 16.2. The monoisotopic (exact) mass is 375 g/mol. The number of carbonyl (C=O) groups excluding carboxylic acids is 1. The van der Waals surface area contributed by atoms with Crippen molar-refractivity contribution in [3.63, 3.8) is 0 Å². The zero-order valence-electron chi connectivity index (χ0n) is 15.4. The third-order valence-corrected chi connectivity index (χ3v) is 6.17. The Morgan fingerprint density at radius 1 is 1.11 bits per heavy atom. The van der Waals surface area contributed by atoms with Crippen molar-refractivity contribution >= 4 is 5.91 Å². The number of hydrogen-bond acceptors (Lipinski definition) is 4. The summed E-state index contributed by atoms with van der Waals surface area (Å²) in [5.74, 6) is 0.633. The first-order valence-electron chi connectivity index (χ1n) is 9.63. The van der Waals surface area contributed by atoms with Crippen molar-refractivity contribution < 1.29 is 4.79 Å². The molecule has 3 aromatic rings. The highest BCUT2D eigenvalue weighted by molar-refractivity contribution is 5.93. The van der Waals surface area contributed by atoms with E-state index in [9.17, 15) is 9.59 Å². The number of fused-ring (bicyclic) bond motifs is 2. The Morgan fingerprint density at radius 3 is 2.61 bits per heavy atom. The van der Waals surface area contributed by atoms with Crippen LogP contribution in [0.25, 0.3) is 11.4 Å². The van der Waals surface area contributed by atoms with Gasteiger partial charge >= 0.3 is 0 Å². The van der Waals surface area contributed by atoms with Crippen LogP contribution in [0.1, 0.15) is 40.9 Å². The molecule has 1 amide bonds. The molecule has 1 fully saturated rings. The van der Waals surface area contributed by atoms with Crippen molar-refractivity contribution in [3.05, 3.63) is 69.9 Å². The fourth-order valence-corrected chi connectivity index (χ4v) is 4.56. The molecule has 2 aliphatic rings. The quantitative estimate of drug-likeness (QED) is 0.718. The van der Waals surface area contributed by atoms with Gasteiger partial charge in [0.2, 0.25) is 0 Å². The average molecular weight is 375 g/mol. The van der Waals surface area contributed by atoms with Gasteiger partial charge in [0.05, 0.1) is 17.5 Å². The summed E-state index contributed by atoms with van der Waals surface area (Å²) in [4.78, 5) is 35.0. The zero-order chi connectivity index (χ0) is 19.1. The molecule has 7 heteroatoms. The summed E-state index contributed by atoms with van der Waals surface area (Å²) in [6, 6.07) is 9.75. The maximum absolute atomic E-state index is 12.7. The second-order valence-electron chi connectivity index (χ2n) is 7.67. The van der Waals surface area contributed by atoms with Gasteiger partial charge in [0, 0.05) is 35.8 Å². The standard InChI is InChI=1S/C21H21N5O2/c27-19-16-6-7-21(17(16)24-18(25-19)14-4-2-1-3-5-14)8-10-26(11-9-21)20(28)15-12-22-23-13-15/h1-5,12-13H,6-11H2,(H,22,23)(H,24,25,27). The van der Waals surface area contributed by atoms with Gasteiger partial charge in [0.25, 0.3) is 11.5 Å². The first kappa shape index (κ1) is 16.9. The number of rotatable bonds is 2. The normalized spacial score (nSPS) is 17.6. The lowest BCUT2D eigenvalue weighted by Crippen LogP contribution is -2.44. The minimum Gasteiger partial charge on any atom is -0.338 e. The fraction of sp³-hybridized carbons (Fsp3) is 0.333. The largest absolute Gasteiger partial charge is 0.338 e. The van der Waals surface area contributed by atoms with Gasteiger partial charge < -0.3 is 9.88 Å². The maximum Gasteiger partial charge on any atom is 0.257 e. The molecule has 1 aromatic carbocycles. The molecule has 1 spiro atoms. The highest BCUT2D eigenvalue weighted by Gasteiger charge is 2.44. The van der Waals surface area contributed by atoms with Crippen molar-refractivity contribution in [2.24, 2.45) is 0 Å². The lowest BCUT2D eigenvalue weighted by atomic mass is 9.76. The third kappa shape index (κ3) is 2.66. The van der Waals surface area contributed by atoms with Crippen LogP contribution >= 0.6 is 0 Å². The molecule has 2 aromatic heterocycles. The molecule has 7 nitrogen and oxygen atoms in total. The van der Waals surface area contributed by atoms with E-state index in [1.54, 1.807) is 12.4 Å². The number of piperidine rings is 1. The minimum absolute atomic E-state index is 0.00524. The van der Waals surface area contributed by atoms with Gasteiger partial charge in [-0.2, -0.15) is 5.10 Å². The number of likely N-dealkylation sites (tertiary alicyclic amines) is 1. The van der Waals surface area contributed by atoms with E-state index >= 15 is 0 Å². The molecule has 0 unspecified atom stereocenters. The van der Waals surface area contributed by atoms with Crippen LogP contribution in [-0.4, -0.2) is 44.1 Å². The van der Waals surface area contributed by atoms with Gasteiger partial charge in [-0.25, -0.2) is 4.98 Å². The summed E-state index contributed by atoms with van der Waals surface area (Å²) < 4.78 is 0. The molecule has 1 aliphatic carbocycles. The second kappa shape index (κ2) is 6.44. The van der Waals surface area contributed by atoms with Gasteiger partial charge in [0.1, 0.15) is 5.82 Å². The van der Waals surface area contributed by atoms with Gasteiger partial charge in [-0.3, -0.25) is 14.7 Å². The summed E-state index contributed by atoms with van der Waals surface area (Å²) in [7, 11) is 0. The average Bonchev–Trinajstić information content (AvgIpc) is 3.38. The summed E-state index contributed by atoms with van der Waals surface area (Å²) >= 11 is 0. The SMILES string of the molecule is O=C(c1cn[nH]c1)N1CCC2(CCc3c2nc(-c2ccccc2)[nH]c3=O)CC1. The highest BCUT2D eigenvalue weighted by Crippen LogP contribution is 2.44. The first-order valence-corrected chi connectivity index (χ1v) is 9.63. The van der Waals surface area contributed by atoms with Crippen LogP contribution in [-0.2, 0) is 11.8 Å². The molecular formula is C21H21N5O2. The molecule has 0 saturated carbocycles. The lowest BCUT2D eigenvalue weighted by Gasteiger charge is -2.39. The van der Waals surface area contributed by atoms with Crippen LogP contribution in [0, 0.1) is 0 Å². The molecule has 1 aliphatic heterocycles. The Bertz CT molecular complexity index is 1060. The van der Waals surface area contributed by atoms with Crippen LogP contribution in [0.2, 0.25) is 0 Å². The van der Waals surface area contributed by atoms with E-state index in [4.69, 9.17) is 4.98 Å². The Kier molecular flexibility index (Phi) is 3.89. The van der Waals surface area contributed by atoms with E-state index in [0.717, 1.165) is 42.5 Å². The molecule has 0 radical (unpaired) electrons. The van der Waals surface area contributed by atoms with Crippen molar-refractivity contribution in [2.45, 2.75) is 31.1 Å². The molecule has 2 N–H and O–H groups in total. The van der Waals surface area contributed by atoms with E-state index in [1.807, 2.05) is 35.2 Å². The number of carbonyl (C=O) groups is 1. The number of hydrogen-bond donors (Lipinski definition) is 2. The van der Waals surface area contributed by atoms with Gasteiger partial charge in [-0.1, -0.05) is 30.3 Å². The summed E-state index contributed by atoms with van der Waals surface area (Å²) in [5, 5.41) is 6.56. The number of amides is 1. The van der Waals surface area contributed by atoms with Crippen LogP contribution in [0.4, 0.5) is 0 Å². The molecule has 142 valence electrons. The smallest absolute Gasteiger partial charge is 0.257 e. The predicted octanol–water partition coefficient (Wildman–Crippen LogP) is 2.28. The molecule has 3 heterocycles. The van der Waals surface area contributed by atoms with E-state index in [-0.39, 0.29) is 16.9 Å². The second-order valence-corrected chi connectivity index (χ2v) is 7.67. The fourth-order valence-electron chi connectivity index (χ4n) is 4.56. The number of aromatic amines is 2. The van der Waals surface area contributed by atoms with E-state index in [2.05, 4.69) is 15.2 Å². The Balaban J connectivity index is 1.44. The van der Waals surface area contributed by atoms with Gasteiger partial charge in [0.15, 0.2) is 0 Å². The molecule has 28 heavy (non-hydrogen) atoms. The van der Waals surface area contributed by atoms with Crippen molar-refractivity contribution in [1.29, 1.82) is 0 Å². The lowest BCUT2D eigenvalue weighted by molar-refractivity contribution is 0.0663. The number of benzene rings is 1. The number of aromatic nitrogens is 4. The first-order chi connectivity index (χ1) is 13.7. The summed E-state index contributed by atoms with van der Waals surface area (Å²) in [6.45, 7) is 1.33. The maximum atomic E-state index is 12.7. The van der Waals surface area contributed by atoms with Gasteiger partial charge in [-0.15, -0.1) is 0 Å². The molecule has 5 rings (SSSR count). The number of nitrogens with one attached hydrogen (secondary N) is 2. The van der Waals surface area contributed by atoms with Crippen LogP contribution in [0.15, 0.2) is 47.5 Å². The van der Waals surface area contributed by atoms with E-state index < -0.39 is 0 Å². The van der Waals surface area contributed by atoms with Crippen LogP contribution in [0.3, 0.4) is 0 Å². The predicted molar refractivity (Wildman–Crippen MR) is 104 cm³/mol. The van der Waals surface area contributed by atoms with E-state index in [1.165, 1.54) is 0 Å². The van der Waals surface area contributed by atoms with E-state index in [0.29, 0.717) is 24.5 Å². The minimum atomic E-state index is -0.111. The number of nitrogens with zero attached hydrogens (tertiary/aromatic N) is 3. The molecular weight excluding hydrogens is 354 g/mol. The molecule has 0 atom stereocenters. The Labute approximate surface area is 161 Å². The molecule has 1 saturated heterocycles. The van der Waals surface area contributed by atoms with Crippen molar-refractivity contribution in [3.8, 4) is 11.4 Å². The van der Waals surface area contributed by atoms with Crippen LogP contribution in [0.5, 0.6) is 0 Å². The van der Waals surface area contributed by atoms with Crippen LogP contribution < -0.4 is 5.56 Å². The van der Waals surface area contributed by atoms with Crippen molar-refractivity contribution in [1.82, 2.24) is 25.1 Å². The Morgan fingerprint density at radius 2 is 1.89 bits per heavy atom.